The van der Waals surface area contributed by atoms with Crippen LogP contribution in [0.5, 0.6) is 11.5 Å². The number of amides is 3. The predicted octanol–water partition coefficient (Wildman–Crippen LogP) is 2.97. The summed E-state index contributed by atoms with van der Waals surface area (Å²) in [6.07, 6.45) is 0.593. The van der Waals surface area contributed by atoms with Crippen LogP contribution in [0, 0.1) is 5.92 Å². The van der Waals surface area contributed by atoms with Crippen LogP contribution in [0.4, 0.5) is 4.79 Å². The van der Waals surface area contributed by atoms with Crippen molar-refractivity contribution in [2.45, 2.75) is 39.3 Å². The quantitative estimate of drug-likeness (QED) is 0.846. The highest BCUT2D eigenvalue weighted by molar-refractivity contribution is 6.32. The molecule has 1 saturated heterocycles. The van der Waals surface area contributed by atoms with Gasteiger partial charge in [-0.2, -0.15) is 0 Å². The Hall–Kier alpha value is -1.95. The van der Waals surface area contributed by atoms with Gasteiger partial charge in [-0.05, 0) is 37.0 Å². The Labute approximate surface area is 146 Å². The second-order valence-electron chi connectivity index (χ2n) is 6.85. The van der Waals surface area contributed by atoms with Gasteiger partial charge in [0.05, 0.1) is 11.6 Å². The minimum atomic E-state index is -0.858. The van der Waals surface area contributed by atoms with Gasteiger partial charge in [0.15, 0.2) is 11.5 Å². The number of hydrogen-bond acceptors (Lipinski definition) is 4. The van der Waals surface area contributed by atoms with Crippen LogP contribution in [0.3, 0.4) is 0 Å². The van der Waals surface area contributed by atoms with Crippen LogP contribution in [0.1, 0.15) is 32.8 Å². The third-order valence-corrected chi connectivity index (χ3v) is 4.44. The molecule has 1 atom stereocenters. The molecular formula is C17H21ClN2O4. The average molecular weight is 353 g/mol. The molecule has 3 amide bonds. The highest BCUT2D eigenvalue weighted by Gasteiger charge is 2.47. The Morgan fingerprint density at radius 1 is 1.29 bits per heavy atom. The molecule has 1 aromatic carbocycles. The van der Waals surface area contributed by atoms with Gasteiger partial charge in [-0.15, -0.1) is 0 Å². The van der Waals surface area contributed by atoms with Crippen molar-refractivity contribution in [3.8, 4) is 11.5 Å². The van der Waals surface area contributed by atoms with Gasteiger partial charge in [0.25, 0.3) is 5.91 Å². The Morgan fingerprint density at radius 3 is 2.71 bits per heavy atom. The van der Waals surface area contributed by atoms with Crippen LogP contribution in [-0.2, 0) is 11.3 Å². The van der Waals surface area contributed by atoms with E-state index in [9.17, 15) is 9.59 Å². The molecule has 6 nitrogen and oxygen atoms in total. The first-order valence-electron chi connectivity index (χ1n) is 8.02. The number of benzene rings is 1. The highest BCUT2D eigenvalue weighted by atomic mass is 35.5. The van der Waals surface area contributed by atoms with E-state index in [1.807, 2.05) is 13.8 Å². The summed E-state index contributed by atoms with van der Waals surface area (Å²) in [6.45, 7) is 6.86. The Morgan fingerprint density at radius 2 is 2.00 bits per heavy atom. The molecule has 0 aliphatic carbocycles. The number of imide groups is 1. The predicted molar refractivity (Wildman–Crippen MR) is 89.4 cm³/mol. The van der Waals surface area contributed by atoms with Crippen molar-refractivity contribution in [1.29, 1.82) is 0 Å². The van der Waals surface area contributed by atoms with E-state index >= 15 is 0 Å². The largest absolute Gasteiger partial charge is 0.486 e. The lowest BCUT2D eigenvalue weighted by atomic mass is 9.91. The lowest BCUT2D eigenvalue weighted by Gasteiger charge is -2.24. The van der Waals surface area contributed by atoms with Crippen LogP contribution >= 0.6 is 11.6 Å². The standard InChI is InChI=1S/C17H21ClN2O4/c1-10(2)8-17(3)15(21)20(16(22)19-17)9-11-6-12(18)14-13(7-11)23-4-5-24-14/h6-7,10H,4-5,8-9H2,1-3H3,(H,19,22). The van der Waals surface area contributed by atoms with Gasteiger partial charge in [0.1, 0.15) is 18.8 Å². The summed E-state index contributed by atoms with van der Waals surface area (Å²) >= 11 is 6.22. The molecular weight excluding hydrogens is 332 g/mol. The minimum absolute atomic E-state index is 0.148. The van der Waals surface area contributed by atoms with E-state index in [-0.39, 0.29) is 18.5 Å². The summed E-state index contributed by atoms with van der Waals surface area (Å²) in [5.74, 6) is 1.13. The molecule has 0 spiro atoms. The van der Waals surface area contributed by atoms with Crippen molar-refractivity contribution in [1.82, 2.24) is 10.2 Å². The van der Waals surface area contributed by atoms with Crippen molar-refractivity contribution in [3.05, 3.63) is 22.7 Å². The lowest BCUT2D eigenvalue weighted by Crippen LogP contribution is -2.44. The molecule has 0 saturated carbocycles. The Bertz CT molecular complexity index is 691. The van der Waals surface area contributed by atoms with Crippen LogP contribution in [0.2, 0.25) is 5.02 Å². The maximum Gasteiger partial charge on any atom is 0.325 e. The van der Waals surface area contributed by atoms with E-state index in [4.69, 9.17) is 21.1 Å². The molecule has 2 aliphatic heterocycles. The van der Waals surface area contributed by atoms with Crippen molar-refractivity contribution in [3.63, 3.8) is 0 Å². The first kappa shape index (κ1) is 16.9. The summed E-state index contributed by atoms with van der Waals surface area (Å²) < 4.78 is 11.0. The van der Waals surface area contributed by atoms with E-state index in [1.54, 1.807) is 19.1 Å². The number of nitrogens with one attached hydrogen (secondary N) is 1. The zero-order chi connectivity index (χ0) is 17.5. The maximum atomic E-state index is 12.7. The second kappa shape index (κ2) is 6.16. The monoisotopic (exact) mass is 352 g/mol. The van der Waals surface area contributed by atoms with Crippen LogP contribution in [-0.4, -0.2) is 35.6 Å². The number of urea groups is 1. The van der Waals surface area contributed by atoms with Gasteiger partial charge in [0, 0.05) is 0 Å². The first-order valence-corrected chi connectivity index (χ1v) is 8.40. The summed E-state index contributed by atoms with van der Waals surface area (Å²) in [7, 11) is 0. The van der Waals surface area contributed by atoms with Gasteiger partial charge >= 0.3 is 6.03 Å². The molecule has 0 aromatic heterocycles. The van der Waals surface area contributed by atoms with Gasteiger partial charge in [0.2, 0.25) is 0 Å². The summed E-state index contributed by atoms with van der Waals surface area (Å²) in [4.78, 5) is 26.2. The third-order valence-electron chi connectivity index (χ3n) is 4.16. The fourth-order valence-corrected chi connectivity index (χ4v) is 3.57. The zero-order valence-corrected chi connectivity index (χ0v) is 14.8. The SMILES string of the molecule is CC(C)CC1(C)NC(=O)N(Cc2cc(Cl)c3c(c2)OCCO3)C1=O. The van der Waals surface area contributed by atoms with Crippen molar-refractivity contribution in [2.24, 2.45) is 5.92 Å². The fourth-order valence-electron chi connectivity index (χ4n) is 3.28. The molecule has 7 heteroatoms. The van der Waals surface area contributed by atoms with E-state index in [0.717, 1.165) is 5.56 Å². The molecule has 130 valence electrons. The van der Waals surface area contributed by atoms with Crippen LogP contribution in [0.15, 0.2) is 12.1 Å². The topological polar surface area (TPSA) is 67.9 Å². The molecule has 24 heavy (non-hydrogen) atoms. The molecule has 2 aliphatic rings. The number of fused-ring (bicyclic) bond motifs is 1. The lowest BCUT2D eigenvalue weighted by molar-refractivity contribution is -0.131. The van der Waals surface area contributed by atoms with Crippen LogP contribution in [0.25, 0.3) is 0 Å². The maximum absolute atomic E-state index is 12.7. The number of carbonyl (C=O) groups is 2. The number of halogens is 1. The van der Waals surface area contributed by atoms with Crippen molar-refractivity contribution in [2.75, 3.05) is 13.2 Å². The fraction of sp³-hybridized carbons (Fsp3) is 0.529. The number of hydrogen-bond donors (Lipinski definition) is 1. The number of ether oxygens (including phenoxy) is 2. The Kier molecular flexibility index (Phi) is 4.34. The van der Waals surface area contributed by atoms with E-state index in [0.29, 0.717) is 42.1 Å². The normalized spacial score (nSPS) is 23.0. The molecule has 1 unspecified atom stereocenters. The molecule has 3 rings (SSSR count). The number of carbonyl (C=O) groups excluding carboxylic acids is 2. The summed E-state index contributed by atoms with van der Waals surface area (Å²) in [5.41, 5.74) is -0.135. The number of nitrogens with zero attached hydrogens (tertiary/aromatic N) is 1. The zero-order valence-electron chi connectivity index (χ0n) is 14.0. The van der Waals surface area contributed by atoms with Gasteiger partial charge in [-0.3, -0.25) is 9.69 Å². The third kappa shape index (κ3) is 3.02. The van der Waals surface area contributed by atoms with Crippen molar-refractivity contribution < 1.29 is 19.1 Å². The number of rotatable bonds is 4. The van der Waals surface area contributed by atoms with Crippen molar-refractivity contribution >= 4 is 23.5 Å². The first-order chi connectivity index (χ1) is 11.3. The molecule has 1 fully saturated rings. The molecule has 1 N–H and O–H groups in total. The molecule has 1 aromatic rings. The molecule has 2 heterocycles. The van der Waals surface area contributed by atoms with E-state index < -0.39 is 5.54 Å². The Balaban J connectivity index is 1.82. The van der Waals surface area contributed by atoms with Gasteiger partial charge in [-0.25, -0.2) is 4.79 Å². The minimum Gasteiger partial charge on any atom is -0.486 e. The summed E-state index contributed by atoms with van der Waals surface area (Å²) in [6, 6.07) is 3.08. The van der Waals surface area contributed by atoms with E-state index in [2.05, 4.69) is 5.32 Å². The smallest absolute Gasteiger partial charge is 0.325 e. The highest BCUT2D eigenvalue weighted by Crippen LogP contribution is 2.39. The second-order valence-corrected chi connectivity index (χ2v) is 7.26. The van der Waals surface area contributed by atoms with E-state index in [1.165, 1.54) is 4.90 Å². The summed E-state index contributed by atoms with van der Waals surface area (Å²) in [5, 5.41) is 3.22. The van der Waals surface area contributed by atoms with Crippen LogP contribution < -0.4 is 14.8 Å². The van der Waals surface area contributed by atoms with Gasteiger partial charge < -0.3 is 14.8 Å². The van der Waals surface area contributed by atoms with Gasteiger partial charge in [-0.1, -0.05) is 25.4 Å². The molecule has 0 radical (unpaired) electrons. The average Bonchev–Trinajstić information content (AvgIpc) is 2.70. The molecule has 0 bridgehead atoms.